The van der Waals surface area contributed by atoms with Gasteiger partial charge in [-0.3, -0.25) is 0 Å². The fourth-order valence-electron chi connectivity index (χ4n) is 0.992. The van der Waals surface area contributed by atoms with Gasteiger partial charge in [-0.1, -0.05) is 30.0 Å². The number of ether oxygens (including phenoxy) is 1. The molecule has 1 aromatic carbocycles. The molecule has 0 bridgehead atoms. The molecular weight excluding hydrogens is 236 g/mol. The number of thioether (sulfide) groups is 2. The first-order valence-electron chi connectivity index (χ1n) is 5.11. The maximum atomic E-state index is 5.17. The highest BCUT2D eigenvalue weighted by molar-refractivity contribution is 8.06. The van der Waals surface area contributed by atoms with E-state index in [1.165, 1.54) is 9.80 Å². The zero-order chi connectivity index (χ0) is 11.6. The molecule has 0 spiro atoms. The molecule has 0 aliphatic rings. The summed E-state index contributed by atoms with van der Waals surface area (Å²) in [5.41, 5.74) is 0. The normalized spacial score (nSPS) is 12.0. The van der Waals surface area contributed by atoms with Crippen LogP contribution in [-0.2, 0) is 4.74 Å². The zero-order valence-electron chi connectivity index (χ0n) is 9.55. The van der Waals surface area contributed by atoms with E-state index in [0.29, 0.717) is 6.61 Å². The van der Waals surface area contributed by atoms with Gasteiger partial charge in [0.05, 0.1) is 12.9 Å². The number of rotatable bonds is 6. The van der Waals surface area contributed by atoms with Crippen LogP contribution >= 0.6 is 23.5 Å². The fourth-order valence-corrected chi connectivity index (χ4v) is 2.36. The molecule has 16 heavy (non-hydrogen) atoms. The molecule has 1 aromatic rings. The topological polar surface area (TPSA) is 9.23 Å². The van der Waals surface area contributed by atoms with Crippen LogP contribution in [0, 0.1) is 0 Å². The number of allylic oxidation sites excluding steroid dienone is 1. The van der Waals surface area contributed by atoms with Crippen molar-refractivity contribution in [1.82, 2.24) is 0 Å². The summed E-state index contributed by atoms with van der Waals surface area (Å²) in [6, 6.07) is 10.3. The Morgan fingerprint density at radius 1 is 1.31 bits per heavy atom. The Morgan fingerprint density at radius 2 is 2.06 bits per heavy atom. The van der Waals surface area contributed by atoms with E-state index in [1.807, 2.05) is 31.2 Å². The fraction of sp³-hybridized carbons (Fsp3) is 0.231. The second-order valence-corrected chi connectivity index (χ2v) is 4.74. The van der Waals surface area contributed by atoms with E-state index in [2.05, 4.69) is 23.8 Å². The van der Waals surface area contributed by atoms with Crippen LogP contribution in [0.5, 0.6) is 0 Å². The molecule has 0 N–H and O–H groups in total. The summed E-state index contributed by atoms with van der Waals surface area (Å²) in [7, 11) is 0. The van der Waals surface area contributed by atoms with Crippen molar-refractivity contribution in [2.75, 3.05) is 12.9 Å². The van der Waals surface area contributed by atoms with Gasteiger partial charge in [-0.05, 0) is 36.8 Å². The minimum absolute atomic E-state index is 0.712. The van der Waals surface area contributed by atoms with Crippen molar-refractivity contribution in [1.29, 1.82) is 0 Å². The van der Waals surface area contributed by atoms with Crippen molar-refractivity contribution in [3.8, 4) is 0 Å². The maximum Gasteiger partial charge on any atom is 0.0845 e. The first-order valence-corrected chi connectivity index (χ1v) is 7.21. The van der Waals surface area contributed by atoms with Gasteiger partial charge in [0, 0.05) is 9.80 Å². The standard InChI is InChI=1S/C13H16OS2/c1-3-14-10-9-13(15-2)11-16-12-7-5-4-6-8-12/h4-11H,3H2,1-2H3. The van der Waals surface area contributed by atoms with Crippen LogP contribution in [0.2, 0.25) is 0 Å². The van der Waals surface area contributed by atoms with Gasteiger partial charge in [0.1, 0.15) is 0 Å². The first-order chi connectivity index (χ1) is 7.86. The Morgan fingerprint density at radius 3 is 2.69 bits per heavy atom. The third-order valence-corrected chi connectivity index (χ3v) is 3.58. The maximum absolute atomic E-state index is 5.17. The van der Waals surface area contributed by atoms with Crippen molar-refractivity contribution in [2.45, 2.75) is 11.8 Å². The molecule has 0 unspecified atom stereocenters. The highest BCUT2D eigenvalue weighted by Crippen LogP contribution is 2.24. The zero-order valence-corrected chi connectivity index (χ0v) is 11.2. The van der Waals surface area contributed by atoms with E-state index < -0.39 is 0 Å². The lowest BCUT2D eigenvalue weighted by Crippen LogP contribution is -1.77. The van der Waals surface area contributed by atoms with Gasteiger partial charge in [0.25, 0.3) is 0 Å². The number of benzene rings is 1. The Balaban J connectivity index is 2.53. The van der Waals surface area contributed by atoms with Crippen LogP contribution < -0.4 is 0 Å². The molecule has 0 aromatic heterocycles. The average Bonchev–Trinajstić information content (AvgIpc) is 2.35. The summed E-state index contributed by atoms with van der Waals surface area (Å²) in [6.45, 7) is 2.69. The Hall–Kier alpha value is -0.800. The Bertz CT molecular complexity index is 344. The second-order valence-electron chi connectivity index (χ2n) is 2.91. The third kappa shape index (κ3) is 5.33. The highest BCUT2D eigenvalue weighted by atomic mass is 32.2. The molecule has 0 atom stereocenters. The molecule has 0 fully saturated rings. The second kappa shape index (κ2) is 8.36. The van der Waals surface area contributed by atoms with Crippen molar-refractivity contribution in [3.05, 3.63) is 53.0 Å². The third-order valence-electron chi connectivity index (χ3n) is 1.79. The molecule has 1 nitrogen and oxygen atoms in total. The Kier molecular flexibility index (Phi) is 6.93. The molecule has 3 heteroatoms. The van der Waals surface area contributed by atoms with Crippen LogP contribution in [0.15, 0.2) is 57.9 Å². The van der Waals surface area contributed by atoms with Crippen molar-refractivity contribution >= 4 is 23.5 Å². The summed E-state index contributed by atoms with van der Waals surface area (Å²) in [4.78, 5) is 2.45. The number of hydrogen-bond donors (Lipinski definition) is 0. The van der Waals surface area contributed by atoms with E-state index in [1.54, 1.807) is 29.8 Å². The van der Waals surface area contributed by atoms with E-state index >= 15 is 0 Å². The van der Waals surface area contributed by atoms with Gasteiger partial charge in [-0.15, -0.1) is 11.8 Å². The first kappa shape index (κ1) is 13.3. The van der Waals surface area contributed by atoms with Crippen LogP contribution in [0.25, 0.3) is 0 Å². The van der Waals surface area contributed by atoms with Crippen molar-refractivity contribution in [3.63, 3.8) is 0 Å². The van der Waals surface area contributed by atoms with E-state index in [4.69, 9.17) is 4.74 Å². The van der Waals surface area contributed by atoms with Gasteiger partial charge >= 0.3 is 0 Å². The minimum Gasteiger partial charge on any atom is -0.501 e. The monoisotopic (exact) mass is 252 g/mol. The largest absolute Gasteiger partial charge is 0.501 e. The van der Waals surface area contributed by atoms with Crippen LogP contribution in [0.3, 0.4) is 0 Å². The van der Waals surface area contributed by atoms with Gasteiger partial charge in [0.2, 0.25) is 0 Å². The molecule has 0 radical (unpaired) electrons. The summed E-state index contributed by atoms with van der Waals surface area (Å²) in [5.74, 6) is 0. The molecular formula is C13H16OS2. The minimum atomic E-state index is 0.712. The summed E-state index contributed by atoms with van der Waals surface area (Å²) in [5, 5.41) is 2.13. The van der Waals surface area contributed by atoms with Gasteiger partial charge in [-0.2, -0.15) is 0 Å². The number of hydrogen-bond acceptors (Lipinski definition) is 3. The molecule has 1 rings (SSSR count). The molecule has 0 amide bonds. The molecule has 0 saturated carbocycles. The van der Waals surface area contributed by atoms with E-state index in [0.717, 1.165) is 0 Å². The lowest BCUT2D eigenvalue weighted by molar-refractivity contribution is 0.269. The smallest absolute Gasteiger partial charge is 0.0845 e. The lowest BCUT2D eigenvalue weighted by Gasteiger charge is -1.99. The Labute approximate surface area is 106 Å². The van der Waals surface area contributed by atoms with E-state index in [-0.39, 0.29) is 0 Å². The molecule has 0 saturated heterocycles. The van der Waals surface area contributed by atoms with Gasteiger partial charge < -0.3 is 4.74 Å². The van der Waals surface area contributed by atoms with Crippen LogP contribution in [0.1, 0.15) is 6.92 Å². The van der Waals surface area contributed by atoms with E-state index in [9.17, 15) is 0 Å². The van der Waals surface area contributed by atoms with Crippen LogP contribution in [0.4, 0.5) is 0 Å². The molecule has 0 aliphatic heterocycles. The molecule has 0 heterocycles. The quantitative estimate of drug-likeness (QED) is 0.418. The molecule has 0 aliphatic carbocycles. The highest BCUT2D eigenvalue weighted by Gasteiger charge is 1.92. The SMILES string of the molecule is CCOC=CC(=CSc1ccccc1)SC. The predicted octanol–water partition coefficient (Wildman–Crippen LogP) is 4.53. The summed E-state index contributed by atoms with van der Waals surface area (Å²) < 4.78 is 5.17. The van der Waals surface area contributed by atoms with Gasteiger partial charge in [0.15, 0.2) is 0 Å². The lowest BCUT2D eigenvalue weighted by atomic mass is 10.4. The summed E-state index contributed by atoms with van der Waals surface area (Å²) in [6.07, 6.45) is 5.80. The average molecular weight is 252 g/mol. The predicted molar refractivity (Wildman–Crippen MR) is 74.7 cm³/mol. The van der Waals surface area contributed by atoms with Crippen molar-refractivity contribution in [2.24, 2.45) is 0 Å². The summed E-state index contributed by atoms with van der Waals surface area (Å²) >= 11 is 3.43. The van der Waals surface area contributed by atoms with Crippen LogP contribution in [-0.4, -0.2) is 12.9 Å². The molecule has 86 valence electrons. The van der Waals surface area contributed by atoms with Crippen molar-refractivity contribution < 1.29 is 4.74 Å². The van der Waals surface area contributed by atoms with Gasteiger partial charge in [-0.25, -0.2) is 0 Å².